The van der Waals surface area contributed by atoms with E-state index in [4.69, 9.17) is 9.47 Å². The molecule has 1 aromatic heterocycles. The molecule has 3 aromatic rings. The van der Waals surface area contributed by atoms with Crippen molar-refractivity contribution < 1.29 is 18.7 Å². The Morgan fingerprint density at radius 2 is 2.11 bits per heavy atom. The van der Waals surface area contributed by atoms with Gasteiger partial charge in [0.15, 0.2) is 17.3 Å². The summed E-state index contributed by atoms with van der Waals surface area (Å²) in [6.45, 7) is 0.209. The van der Waals surface area contributed by atoms with Gasteiger partial charge < -0.3 is 14.8 Å². The summed E-state index contributed by atoms with van der Waals surface area (Å²) < 4.78 is 26.4. The van der Waals surface area contributed by atoms with Crippen LogP contribution in [0.2, 0.25) is 0 Å². The van der Waals surface area contributed by atoms with E-state index >= 15 is 0 Å². The zero-order chi connectivity index (χ0) is 19.7. The topological polar surface area (TPSA) is 65.4 Å². The van der Waals surface area contributed by atoms with Crippen LogP contribution in [0.1, 0.15) is 29.0 Å². The summed E-state index contributed by atoms with van der Waals surface area (Å²) >= 11 is 0. The molecule has 1 unspecified atom stereocenters. The summed E-state index contributed by atoms with van der Waals surface area (Å²) in [6, 6.07) is 11.9. The number of halogens is 1. The van der Waals surface area contributed by atoms with E-state index in [1.807, 2.05) is 31.4 Å². The summed E-state index contributed by atoms with van der Waals surface area (Å²) in [5, 5.41) is 7.12. The Kier molecular flexibility index (Phi) is 4.73. The lowest BCUT2D eigenvalue weighted by Crippen LogP contribution is -2.23. The molecular formula is C21H20FN3O3. The number of hydrogen-bond donors (Lipinski definition) is 1. The van der Waals surface area contributed by atoms with Crippen LogP contribution in [-0.2, 0) is 18.4 Å². The number of carbonyl (C=O) groups excluding carboxylic acids is 1. The first kappa shape index (κ1) is 18.0. The average molecular weight is 381 g/mol. The zero-order valence-electron chi connectivity index (χ0n) is 15.6. The smallest absolute Gasteiger partial charge is 0.226 e. The van der Waals surface area contributed by atoms with E-state index in [9.17, 15) is 9.18 Å². The van der Waals surface area contributed by atoms with E-state index in [0.717, 1.165) is 16.7 Å². The fourth-order valence-corrected chi connectivity index (χ4v) is 3.45. The number of methoxy groups -OCH3 is 1. The van der Waals surface area contributed by atoms with Crippen molar-refractivity contribution in [1.82, 2.24) is 9.78 Å². The Labute approximate surface area is 161 Å². The second-order valence-corrected chi connectivity index (χ2v) is 6.74. The third-order valence-electron chi connectivity index (χ3n) is 4.75. The van der Waals surface area contributed by atoms with Gasteiger partial charge in [-0.25, -0.2) is 4.39 Å². The van der Waals surface area contributed by atoms with Crippen LogP contribution < -0.4 is 14.8 Å². The highest BCUT2D eigenvalue weighted by atomic mass is 19.1. The average Bonchev–Trinajstić information content (AvgIpc) is 3.05. The van der Waals surface area contributed by atoms with E-state index < -0.39 is 0 Å². The Bertz CT molecular complexity index is 1030. The van der Waals surface area contributed by atoms with Gasteiger partial charge in [0.05, 0.1) is 7.11 Å². The Morgan fingerprint density at radius 1 is 1.25 bits per heavy atom. The molecule has 0 radical (unpaired) electrons. The molecule has 1 aliphatic rings. The van der Waals surface area contributed by atoms with Crippen LogP contribution in [0.25, 0.3) is 0 Å². The summed E-state index contributed by atoms with van der Waals surface area (Å²) in [7, 11) is 3.39. The van der Waals surface area contributed by atoms with Crippen molar-refractivity contribution in [2.24, 2.45) is 7.05 Å². The summed E-state index contributed by atoms with van der Waals surface area (Å²) in [5.74, 6) is 1.20. The van der Waals surface area contributed by atoms with Crippen LogP contribution in [0.4, 0.5) is 10.2 Å². The maximum Gasteiger partial charge on any atom is 0.226 e. The van der Waals surface area contributed by atoms with Gasteiger partial charge in [0.25, 0.3) is 0 Å². The predicted molar refractivity (Wildman–Crippen MR) is 102 cm³/mol. The van der Waals surface area contributed by atoms with E-state index in [1.54, 1.807) is 23.9 Å². The molecule has 4 rings (SSSR count). The third-order valence-corrected chi connectivity index (χ3v) is 4.75. The van der Waals surface area contributed by atoms with Crippen LogP contribution in [0, 0.1) is 5.82 Å². The molecule has 7 heteroatoms. The number of aryl methyl sites for hydroxylation is 1. The van der Waals surface area contributed by atoms with Gasteiger partial charge in [-0.05, 0) is 35.4 Å². The molecule has 0 saturated heterocycles. The summed E-state index contributed by atoms with van der Waals surface area (Å²) in [5.41, 5.74) is 2.61. The second kappa shape index (κ2) is 7.34. The molecule has 28 heavy (non-hydrogen) atoms. The molecule has 2 aromatic carbocycles. The molecular weight excluding hydrogens is 361 g/mol. The monoisotopic (exact) mass is 381 g/mol. The molecule has 144 valence electrons. The normalized spacial score (nSPS) is 15.7. The van der Waals surface area contributed by atoms with Crippen molar-refractivity contribution in [1.29, 1.82) is 0 Å². The summed E-state index contributed by atoms with van der Waals surface area (Å²) in [6.07, 6.45) is 2.24. The van der Waals surface area contributed by atoms with Crippen LogP contribution in [0.3, 0.4) is 0 Å². The maximum atomic E-state index is 13.4. The van der Waals surface area contributed by atoms with Crippen LogP contribution >= 0.6 is 0 Å². The Morgan fingerprint density at radius 3 is 2.89 bits per heavy atom. The largest absolute Gasteiger partial charge is 0.493 e. The zero-order valence-corrected chi connectivity index (χ0v) is 15.6. The standard InChI is InChI=1S/C21H20FN3O3/c1-25-11-17-16(10-20(26)23-21(17)24-25)14-6-7-18(27-2)19(9-14)28-12-13-4-3-5-15(22)8-13/h3-9,11,16H,10,12H2,1-2H3,(H,23,24,26). The van der Waals surface area contributed by atoms with Gasteiger partial charge in [-0.15, -0.1) is 0 Å². The number of benzene rings is 2. The van der Waals surface area contributed by atoms with Gasteiger partial charge in [0.1, 0.15) is 12.4 Å². The van der Waals surface area contributed by atoms with E-state index in [2.05, 4.69) is 10.4 Å². The van der Waals surface area contributed by atoms with Gasteiger partial charge in [-0.2, -0.15) is 5.10 Å². The van der Waals surface area contributed by atoms with Gasteiger partial charge in [0.2, 0.25) is 5.91 Å². The van der Waals surface area contributed by atoms with Crippen molar-refractivity contribution in [3.8, 4) is 11.5 Å². The number of ether oxygens (including phenoxy) is 2. The van der Waals surface area contributed by atoms with Gasteiger partial charge in [-0.1, -0.05) is 18.2 Å². The molecule has 1 aliphatic heterocycles. The second-order valence-electron chi connectivity index (χ2n) is 6.74. The predicted octanol–water partition coefficient (Wildman–Crippen LogP) is 3.62. The number of carbonyl (C=O) groups is 1. The van der Waals surface area contributed by atoms with E-state index in [1.165, 1.54) is 12.1 Å². The third kappa shape index (κ3) is 3.55. The number of hydrogen-bond acceptors (Lipinski definition) is 4. The van der Waals surface area contributed by atoms with Crippen LogP contribution in [0.5, 0.6) is 11.5 Å². The minimum absolute atomic E-state index is 0.0748. The van der Waals surface area contributed by atoms with Crippen molar-refractivity contribution in [2.45, 2.75) is 18.9 Å². The van der Waals surface area contributed by atoms with Crippen molar-refractivity contribution >= 4 is 11.7 Å². The number of nitrogens with one attached hydrogen (secondary N) is 1. The van der Waals surface area contributed by atoms with Crippen LogP contribution in [0.15, 0.2) is 48.7 Å². The number of rotatable bonds is 5. The number of aromatic nitrogens is 2. The van der Waals surface area contributed by atoms with E-state index in [-0.39, 0.29) is 24.2 Å². The van der Waals surface area contributed by atoms with Gasteiger partial charge in [0, 0.05) is 31.1 Å². The number of nitrogens with zero attached hydrogens (tertiary/aromatic N) is 2. The van der Waals surface area contributed by atoms with E-state index in [0.29, 0.717) is 23.7 Å². The highest BCUT2D eigenvalue weighted by molar-refractivity contribution is 5.94. The first-order chi connectivity index (χ1) is 13.5. The molecule has 1 atom stereocenters. The Hall–Kier alpha value is -3.35. The molecule has 2 heterocycles. The van der Waals surface area contributed by atoms with Crippen LogP contribution in [-0.4, -0.2) is 22.8 Å². The fourth-order valence-electron chi connectivity index (χ4n) is 3.45. The van der Waals surface area contributed by atoms with Gasteiger partial charge in [-0.3, -0.25) is 9.48 Å². The van der Waals surface area contributed by atoms with Crippen molar-refractivity contribution in [3.63, 3.8) is 0 Å². The number of anilines is 1. The molecule has 6 nitrogen and oxygen atoms in total. The highest BCUT2D eigenvalue weighted by Gasteiger charge is 2.29. The van der Waals surface area contributed by atoms with Gasteiger partial charge >= 0.3 is 0 Å². The minimum Gasteiger partial charge on any atom is -0.493 e. The minimum atomic E-state index is -0.306. The fraction of sp³-hybridized carbons (Fsp3) is 0.238. The molecule has 0 bridgehead atoms. The lowest BCUT2D eigenvalue weighted by atomic mass is 9.87. The summed E-state index contributed by atoms with van der Waals surface area (Å²) in [4.78, 5) is 12.1. The lowest BCUT2D eigenvalue weighted by Gasteiger charge is -2.23. The highest BCUT2D eigenvalue weighted by Crippen LogP contribution is 2.39. The lowest BCUT2D eigenvalue weighted by molar-refractivity contribution is -0.116. The molecule has 1 N–H and O–H groups in total. The quantitative estimate of drug-likeness (QED) is 0.733. The molecule has 0 saturated carbocycles. The molecule has 0 fully saturated rings. The Balaban J connectivity index is 1.64. The maximum absolute atomic E-state index is 13.4. The first-order valence-corrected chi connectivity index (χ1v) is 8.92. The number of fused-ring (bicyclic) bond motifs is 1. The SMILES string of the molecule is COc1ccc(C2CC(=O)Nc3nn(C)cc32)cc1OCc1cccc(F)c1. The first-order valence-electron chi connectivity index (χ1n) is 8.92. The molecule has 0 spiro atoms. The van der Waals surface area contributed by atoms with Crippen molar-refractivity contribution in [3.05, 3.63) is 71.2 Å². The molecule has 0 aliphatic carbocycles. The number of amides is 1. The van der Waals surface area contributed by atoms with Crippen molar-refractivity contribution in [2.75, 3.05) is 12.4 Å². The molecule has 1 amide bonds.